The molecule has 2 saturated heterocycles. The molecular weight excluding hydrogens is 266 g/mol. The zero-order chi connectivity index (χ0) is 15.0. The Morgan fingerprint density at radius 1 is 1.19 bits per heavy atom. The van der Waals surface area contributed by atoms with Crippen molar-refractivity contribution < 1.29 is 9.59 Å². The number of rotatable bonds is 2. The average Bonchev–Trinajstić information content (AvgIpc) is 2.68. The number of hydrogen-bond acceptors (Lipinski definition) is 3. The number of nitrogens with zero attached hydrogens (tertiary/aromatic N) is 2. The number of likely N-dealkylation sites (tertiary alicyclic amines) is 1. The summed E-state index contributed by atoms with van der Waals surface area (Å²) in [5, 5.41) is 3.03. The van der Waals surface area contributed by atoms with Crippen LogP contribution in [-0.2, 0) is 4.79 Å². The van der Waals surface area contributed by atoms with Crippen LogP contribution in [0.4, 0.5) is 4.79 Å². The maximum atomic E-state index is 12.9. The molecule has 1 N–H and O–H groups in total. The lowest BCUT2D eigenvalue weighted by Crippen LogP contribution is -2.54. The largest absolute Gasteiger partial charge is 0.326 e. The van der Waals surface area contributed by atoms with Gasteiger partial charge in [0, 0.05) is 6.54 Å². The molecule has 1 spiro atoms. The number of carbonyl (C=O) groups is 2. The zero-order valence-corrected chi connectivity index (χ0v) is 13.2. The van der Waals surface area contributed by atoms with E-state index in [0.29, 0.717) is 12.6 Å². The highest BCUT2D eigenvalue weighted by Gasteiger charge is 2.55. The Bertz CT molecular complexity index is 439. The quantitative estimate of drug-likeness (QED) is 0.794. The Morgan fingerprint density at radius 2 is 2.00 bits per heavy atom. The van der Waals surface area contributed by atoms with Crippen LogP contribution in [-0.4, -0.2) is 47.0 Å². The lowest BCUT2D eigenvalue weighted by molar-refractivity contribution is -0.136. The number of piperidine rings is 1. The van der Waals surface area contributed by atoms with Crippen LogP contribution >= 0.6 is 0 Å². The standard InChI is InChI=1S/C16H27N3O2/c1-12-6-5-9-18(10-12)11-19-14(20)16(17-15(19)21)8-4-3-7-13(16)2/h12-13H,3-11H2,1-2H3,(H,17,21). The number of amides is 3. The summed E-state index contributed by atoms with van der Waals surface area (Å²) >= 11 is 0. The highest BCUT2D eigenvalue weighted by atomic mass is 16.2. The predicted octanol–water partition coefficient (Wildman–Crippen LogP) is 2.18. The second kappa shape index (κ2) is 5.59. The SMILES string of the molecule is CC1CCCN(CN2C(=O)NC3(CCCCC3C)C2=O)C1. The molecule has 0 bridgehead atoms. The van der Waals surface area contributed by atoms with Crippen molar-refractivity contribution in [3.63, 3.8) is 0 Å². The van der Waals surface area contributed by atoms with Crippen molar-refractivity contribution in [1.29, 1.82) is 0 Å². The van der Waals surface area contributed by atoms with Gasteiger partial charge in [0.15, 0.2) is 0 Å². The third-order valence-corrected chi connectivity index (χ3v) is 5.58. The van der Waals surface area contributed by atoms with Crippen molar-refractivity contribution in [1.82, 2.24) is 15.1 Å². The Hall–Kier alpha value is -1.10. The van der Waals surface area contributed by atoms with E-state index in [1.54, 1.807) is 0 Å². The number of hydrogen-bond donors (Lipinski definition) is 1. The molecule has 3 amide bonds. The van der Waals surface area contributed by atoms with Gasteiger partial charge in [0.25, 0.3) is 5.91 Å². The van der Waals surface area contributed by atoms with Gasteiger partial charge in [-0.15, -0.1) is 0 Å². The molecule has 3 aliphatic rings. The fourth-order valence-corrected chi connectivity index (χ4v) is 4.24. The number of carbonyl (C=O) groups excluding carboxylic acids is 2. The summed E-state index contributed by atoms with van der Waals surface area (Å²) in [6.07, 6.45) is 6.43. The Morgan fingerprint density at radius 3 is 2.71 bits per heavy atom. The van der Waals surface area contributed by atoms with Crippen molar-refractivity contribution in [3.8, 4) is 0 Å². The normalized spacial score (nSPS) is 38.1. The molecule has 21 heavy (non-hydrogen) atoms. The number of imide groups is 1. The molecule has 3 atom stereocenters. The molecular formula is C16H27N3O2. The molecule has 2 aliphatic heterocycles. The maximum Gasteiger partial charge on any atom is 0.326 e. The Labute approximate surface area is 127 Å². The van der Waals surface area contributed by atoms with Crippen LogP contribution < -0.4 is 5.32 Å². The van der Waals surface area contributed by atoms with Gasteiger partial charge in [-0.3, -0.25) is 9.69 Å². The van der Waals surface area contributed by atoms with Crippen LogP contribution in [0.1, 0.15) is 52.4 Å². The number of urea groups is 1. The van der Waals surface area contributed by atoms with Crippen LogP contribution in [0.15, 0.2) is 0 Å². The zero-order valence-electron chi connectivity index (χ0n) is 13.2. The summed E-state index contributed by atoms with van der Waals surface area (Å²) in [4.78, 5) is 28.9. The first-order valence-corrected chi connectivity index (χ1v) is 8.39. The molecule has 5 nitrogen and oxygen atoms in total. The molecule has 0 radical (unpaired) electrons. The van der Waals surface area contributed by atoms with E-state index >= 15 is 0 Å². The Kier molecular flexibility index (Phi) is 3.95. The summed E-state index contributed by atoms with van der Waals surface area (Å²) in [5.74, 6) is 0.910. The van der Waals surface area contributed by atoms with Crippen LogP contribution in [0, 0.1) is 11.8 Å². The van der Waals surface area contributed by atoms with Gasteiger partial charge >= 0.3 is 6.03 Å². The van der Waals surface area contributed by atoms with E-state index in [9.17, 15) is 9.59 Å². The fraction of sp³-hybridized carbons (Fsp3) is 0.875. The smallest absolute Gasteiger partial charge is 0.323 e. The molecule has 0 aromatic rings. The lowest BCUT2D eigenvalue weighted by atomic mass is 9.73. The molecule has 1 aliphatic carbocycles. The van der Waals surface area contributed by atoms with Crippen LogP contribution in [0.2, 0.25) is 0 Å². The molecule has 5 heteroatoms. The topological polar surface area (TPSA) is 52.6 Å². The lowest BCUT2D eigenvalue weighted by Gasteiger charge is -2.37. The van der Waals surface area contributed by atoms with Crippen molar-refractivity contribution in [2.24, 2.45) is 11.8 Å². The molecule has 0 aromatic carbocycles. The van der Waals surface area contributed by atoms with Gasteiger partial charge in [0.2, 0.25) is 0 Å². The summed E-state index contributed by atoms with van der Waals surface area (Å²) in [6.45, 7) is 6.78. The minimum Gasteiger partial charge on any atom is -0.323 e. The first-order chi connectivity index (χ1) is 10.0. The Balaban J connectivity index is 1.71. The monoisotopic (exact) mass is 293 g/mol. The van der Waals surface area contributed by atoms with Gasteiger partial charge in [-0.2, -0.15) is 0 Å². The maximum absolute atomic E-state index is 12.9. The van der Waals surface area contributed by atoms with Gasteiger partial charge in [-0.1, -0.05) is 26.7 Å². The third-order valence-electron chi connectivity index (χ3n) is 5.58. The van der Waals surface area contributed by atoms with Crippen molar-refractivity contribution in [2.75, 3.05) is 19.8 Å². The molecule has 3 rings (SSSR count). The number of nitrogens with one attached hydrogen (secondary N) is 1. The summed E-state index contributed by atoms with van der Waals surface area (Å²) in [6, 6.07) is -0.188. The van der Waals surface area contributed by atoms with Crippen molar-refractivity contribution in [2.45, 2.75) is 57.9 Å². The third kappa shape index (κ3) is 2.56. The highest BCUT2D eigenvalue weighted by Crippen LogP contribution is 2.38. The highest BCUT2D eigenvalue weighted by molar-refractivity contribution is 6.07. The van der Waals surface area contributed by atoms with Crippen molar-refractivity contribution in [3.05, 3.63) is 0 Å². The van der Waals surface area contributed by atoms with E-state index in [2.05, 4.69) is 24.1 Å². The average molecular weight is 293 g/mol. The van der Waals surface area contributed by atoms with E-state index in [1.807, 2.05) is 0 Å². The van der Waals surface area contributed by atoms with E-state index in [4.69, 9.17) is 0 Å². The second-order valence-electron chi connectivity index (χ2n) is 7.25. The van der Waals surface area contributed by atoms with Gasteiger partial charge in [0.1, 0.15) is 5.54 Å². The van der Waals surface area contributed by atoms with Crippen molar-refractivity contribution >= 4 is 11.9 Å². The first-order valence-electron chi connectivity index (χ1n) is 8.39. The molecule has 3 unspecified atom stereocenters. The predicted molar refractivity (Wildman–Crippen MR) is 80.6 cm³/mol. The summed E-state index contributed by atoms with van der Waals surface area (Å²) in [7, 11) is 0. The molecule has 1 saturated carbocycles. The van der Waals surface area contributed by atoms with Gasteiger partial charge < -0.3 is 5.32 Å². The fourth-order valence-electron chi connectivity index (χ4n) is 4.24. The van der Waals surface area contributed by atoms with E-state index in [-0.39, 0.29) is 17.9 Å². The molecule has 118 valence electrons. The van der Waals surface area contributed by atoms with E-state index in [1.165, 1.54) is 11.3 Å². The molecule has 0 aromatic heterocycles. The van der Waals surface area contributed by atoms with E-state index < -0.39 is 5.54 Å². The van der Waals surface area contributed by atoms with E-state index in [0.717, 1.165) is 45.2 Å². The van der Waals surface area contributed by atoms with Gasteiger partial charge in [-0.25, -0.2) is 9.69 Å². The summed E-state index contributed by atoms with van der Waals surface area (Å²) in [5.41, 5.74) is -0.614. The van der Waals surface area contributed by atoms with Crippen LogP contribution in [0.3, 0.4) is 0 Å². The minimum absolute atomic E-state index is 0.0120. The first kappa shape index (κ1) is 14.8. The van der Waals surface area contributed by atoms with Gasteiger partial charge in [-0.05, 0) is 44.1 Å². The van der Waals surface area contributed by atoms with Crippen LogP contribution in [0.25, 0.3) is 0 Å². The molecule has 2 heterocycles. The molecule has 3 fully saturated rings. The van der Waals surface area contributed by atoms with Crippen LogP contribution in [0.5, 0.6) is 0 Å². The minimum atomic E-state index is -0.614. The van der Waals surface area contributed by atoms with Gasteiger partial charge in [0.05, 0.1) is 6.67 Å². The second-order valence-corrected chi connectivity index (χ2v) is 7.25. The summed E-state index contributed by atoms with van der Waals surface area (Å²) < 4.78 is 0.